The monoisotopic (exact) mass is 357 g/mol. The number of nitrogens with two attached hydrogens (primary N) is 1. The first-order chi connectivity index (χ1) is 12.4. The van der Waals surface area contributed by atoms with Gasteiger partial charge in [0.25, 0.3) is 5.56 Å². The Morgan fingerprint density at radius 3 is 2.73 bits per heavy atom. The lowest BCUT2D eigenvalue weighted by atomic mass is 10.0. The molecule has 1 aromatic heterocycles. The number of hydrogen-bond acceptors (Lipinski definition) is 4. The Morgan fingerprint density at radius 1 is 1.31 bits per heavy atom. The highest BCUT2D eigenvalue weighted by molar-refractivity contribution is 5.83. The average Bonchev–Trinajstić information content (AvgIpc) is 2.61. The standard InChI is InChI=1S/C20H27N3O3/c1-13(2)11-18(21)20(25)23-9-6-15(7-10-23)26-16-3-4-17-14(12-16)5-8-22-19(17)24/h3-5,8,12-13,15,18H,6-7,9-11,21H2,1-2H3,(H,22,24). The maximum Gasteiger partial charge on any atom is 0.255 e. The molecule has 1 aromatic carbocycles. The third-order valence-corrected chi connectivity index (χ3v) is 4.84. The largest absolute Gasteiger partial charge is 0.490 e. The van der Waals surface area contributed by atoms with Crippen LogP contribution in [0.2, 0.25) is 0 Å². The molecular weight excluding hydrogens is 330 g/mol. The molecule has 3 N–H and O–H groups in total. The minimum Gasteiger partial charge on any atom is -0.490 e. The van der Waals surface area contributed by atoms with Crippen LogP contribution < -0.4 is 16.0 Å². The summed E-state index contributed by atoms with van der Waals surface area (Å²) >= 11 is 0. The zero-order chi connectivity index (χ0) is 18.7. The highest BCUT2D eigenvalue weighted by Crippen LogP contribution is 2.23. The van der Waals surface area contributed by atoms with Gasteiger partial charge in [-0.25, -0.2) is 0 Å². The molecule has 0 spiro atoms. The fourth-order valence-corrected chi connectivity index (χ4v) is 3.47. The second-order valence-corrected chi connectivity index (χ2v) is 7.43. The number of likely N-dealkylation sites (tertiary alicyclic amines) is 1. The lowest BCUT2D eigenvalue weighted by Crippen LogP contribution is -2.49. The zero-order valence-corrected chi connectivity index (χ0v) is 15.4. The molecule has 1 atom stereocenters. The first kappa shape index (κ1) is 18.5. The van der Waals surface area contributed by atoms with E-state index >= 15 is 0 Å². The number of nitrogens with zero attached hydrogens (tertiary/aromatic N) is 1. The molecule has 1 aliphatic rings. The molecule has 1 aliphatic heterocycles. The number of amides is 1. The van der Waals surface area contributed by atoms with Crippen LogP contribution in [0, 0.1) is 5.92 Å². The maximum atomic E-state index is 12.4. The summed E-state index contributed by atoms with van der Waals surface area (Å²) in [5, 5.41) is 1.51. The molecule has 140 valence electrons. The Kier molecular flexibility index (Phi) is 5.61. The summed E-state index contributed by atoms with van der Waals surface area (Å²) in [6, 6.07) is 6.95. The maximum absolute atomic E-state index is 12.4. The second kappa shape index (κ2) is 7.91. The molecule has 0 radical (unpaired) electrons. The summed E-state index contributed by atoms with van der Waals surface area (Å²) in [5.74, 6) is 1.21. The molecule has 3 rings (SSSR count). The Balaban J connectivity index is 1.57. The lowest BCUT2D eigenvalue weighted by Gasteiger charge is -2.34. The van der Waals surface area contributed by atoms with Crippen LogP contribution in [0.25, 0.3) is 10.8 Å². The van der Waals surface area contributed by atoms with Crippen LogP contribution in [0.3, 0.4) is 0 Å². The van der Waals surface area contributed by atoms with Crippen molar-refractivity contribution in [3.8, 4) is 5.75 Å². The third kappa shape index (κ3) is 4.25. The summed E-state index contributed by atoms with van der Waals surface area (Å²) in [6.07, 6.45) is 3.99. The molecule has 6 heteroatoms. The highest BCUT2D eigenvalue weighted by Gasteiger charge is 2.27. The highest BCUT2D eigenvalue weighted by atomic mass is 16.5. The van der Waals surface area contributed by atoms with Gasteiger partial charge in [-0.15, -0.1) is 0 Å². The summed E-state index contributed by atoms with van der Waals surface area (Å²) in [5.41, 5.74) is 5.92. The Bertz CT molecular complexity index is 822. The fourth-order valence-electron chi connectivity index (χ4n) is 3.47. The van der Waals surface area contributed by atoms with Gasteiger partial charge in [-0.3, -0.25) is 9.59 Å². The predicted molar refractivity (Wildman–Crippen MR) is 102 cm³/mol. The van der Waals surface area contributed by atoms with Crippen LogP contribution in [0.1, 0.15) is 33.1 Å². The molecule has 26 heavy (non-hydrogen) atoms. The van der Waals surface area contributed by atoms with Gasteiger partial charge in [0.1, 0.15) is 11.9 Å². The zero-order valence-electron chi connectivity index (χ0n) is 15.4. The van der Waals surface area contributed by atoms with Crippen LogP contribution in [-0.2, 0) is 4.79 Å². The second-order valence-electron chi connectivity index (χ2n) is 7.43. The van der Waals surface area contributed by atoms with E-state index in [-0.39, 0.29) is 17.6 Å². The number of aromatic amines is 1. The minimum absolute atomic E-state index is 0.0436. The van der Waals surface area contributed by atoms with E-state index in [2.05, 4.69) is 18.8 Å². The van der Waals surface area contributed by atoms with Crippen molar-refractivity contribution in [2.75, 3.05) is 13.1 Å². The Morgan fingerprint density at radius 2 is 2.04 bits per heavy atom. The number of carbonyl (C=O) groups excluding carboxylic acids is 1. The van der Waals surface area contributed by atoms with Crippen molar-refractivity contribution in [3.63, 3.8) is 0 Å². The summed E-state index contributed by atoms with van der Waals surface area (Å²) in [6.45, 7) is 5.49. The first-order valence-electron chi connectivity index (χ1n) is 9.26. The van der Waals surface area contributed by atoms with E-state index in [1.54, 1.807) is 12.3 Å². The summed E-state index contributed by atoms with van der Waals surface area (Å²) < 4.78 is 6.07. The lowest BCUT2D eigenvalue weighted by molar-refractivity contribution is -0.134. The van der Waals surface area contributed by atoms with Gasteiger partial charge in [0.2, 0.25) is 5.91 Å². The van der Waals surface area contributed by atoms with Crippen LogP contribution in [0.4, 0.5) is 0 Å². The van der Waals surface area contributed by atoms with E-state index in [4.69, 9.17) is 10.5 Å². The topological polar surface area (TPSA) is 88.4 Å². The van der Waals surface area contributed by atoms with Gasteiger partial charge in [0.05, 0.1) is 6.04 Å². The predicted octanol–water partition coefficient (Wildman–Crippen LogP) is 2.27. The molecule has 0 saturated carbocycles. The number of carbonyl (C=O) groups is 1. The van der Waals surface area contributed by atoms with Crippen LogP contribution >= 0.6 is 0 Å². The Hall–Kier alpha value is -2.34. The quantitative estimate of drug-likeness (QED) is 0.859. The smallest absolute Gasteiger partial charge is 0.255 e. The summed E-state index contributed by atoms with van der Waals surface area (Å²) in [4.78, 5) is 28.7. The number of rotatable bonds is 5. The van der Waals surface area contributed by atoms with Crippen LogP contribution in [0.5, 0.6) is 5.75 Å². The van der Waals surface area contributed by atoms with Gasteiger partial charge in [-0.05, 0) is 42.0 Å². The van der Waals surface area contributed by atoms with Crippen molar-refractivity contribution >= 4 is 16.7 Å². The number of nitrogens with one attached hydrogen (secondary N) is 1. The average molecular weight is 357 g/mol. The number of hydrogen-bond donors (Lipinski definition) is 2. The van der Waals surface area contributed by atoms with Gasteiger partial charge in [-0.1, -0.05) is 13.8 Å². The molecule has 1 unspecified atom stereocenters. The molecule has 1 saturated heterocycles. The van der Waals surface area contributed by atoms with Crippen molar-refractivity contribution < 1.29 is 9.53 Å². The normalized spacial score (nSPS) is 16.8. The molecular formula is C20H27N3O3. The summed E-state index contributed by atoms with van der Waals surface area (Å²) in [7, 11) is 0. The van der Waals surface area contributed by atoms with E-state index in [1.807, 2.05) is 23.1 Å². The number of aromatic nitrogens is 1. The van der Waals surface area contributed by atoms with Gasteiger partial charge in [0, 0.05) is 37.5 Å². The van der Waals surface area contributed by atoms with Gasteiger partial charge in [0.15, 0.2) is 0 Å². The molecule has 2 aromatic rings. The molecule has 6 nitrogen and oxygen atoms in total. The SMILES string of the molecule is CC(C)CC(N)C(=O)N1CCC(Oc2ccc3c(=O)[nH]ccc3c2)CC1. The van der Waals surface area contributed by atoms with Crippen molar-refractivity contribution in [3.05, 3.63) is 40.8 Å². The molecule has 1 amide bonds. The number of pyridine rings is 1. The third-order valence-electron chi connectivity index (χ3n) is 4.84. The molecule has 0 aliphatic carbocycles. The van der Waals surface area contributed by atoms with Crippen LogP contribution in [0.15, 0.2) is 35.3 Å². The van der Waals surface area contributed by atoms with Crippen LogP contribution in [-0.4, -0.2) is 41.0 Å². The number of piperidine rings is 1. The van der Waals surface area contributed by atoms with Crippen molar-refractivity contribution in [2.24, 2.45) is 11.7 Å². The van der Waals surface area contributed by atoms with E-state index in [0.29, 0.717) is 30.8 Å². The first-order valence-corrected chi connectivity index (χ1v) is 9.26. The molecule has 2 heterocycles. The van der Waals surface area contributed by atoms with Crippen molar-refractivity contribution in [2.45, 2.75) is 45.3 Å². The van der Waals surface area contributed by atoms with Gasteiger partial charge in [-0.2, -0.15) is 0 Å². The molecule has 0 bridgehead atoms. The number of ether oxygens (including phenoxy) is 1. The minimum atomic E-state index is -0.411. The van der Waals surface area contributed by atoms with Gasteiger partial charge < -0.3 is 20.4 Å². The number of benzene rings is 1. The molecule has 1 fully saturated rings. The number of fused-ring (bicyclic) bond motifs is 1. The van der Waals surface area contributed by atoms with Gasteiger partial charge >= 0.3 is 0 Å². The van der Waals surface area contributed by atoms with E-state index in [9.17, 15) is 9.59 Å². The van der Waals surface area contributed by atoms with E-state index < -0.39 is 6.04 Å². The Labute approximate surface area is 153 Å². The van der Waals surface area contributed by atoms with Crippen molar-refractivity contribution in [1.82, 2.24) is 9.88 Å². The van der Waals surface area contributed by atoms with Crippen molar-refractivity contribution in [1.29, 1.82) is 0 Å². The number of H-pyrrole nitrogens is 1. The van der Waals surface area contributed by atoms with E-state index in [1.165, 1.54) is 0 Å². The van der Waals surface area contributed by atoms with E-state index in [0.717, 1.165) is 24.0 Å². The fraction of sp³-hybridized carbons (Fsp3) is 0.500.